The Balaban J connectivity index is 1.68. The molecular weight excluding hydrogens is 475 g/mol. The number of H-pyrrole nitrogens is 1. The van der Waals surface area contributed by atoms with E-state index in [0.29, 0.717) is 38.1 Å². The molecule has 0 aliphatic rings. The minimum absolute atomic E-state index is 0.00983. The van der Waals surface area contributed by atoms with Gasteiger partial charge in [0.25, 0.3) is 11.1 Å². The topological polar surface area (TPSA) is 81.9 Å². The second-order valence-corrected chi connectivity index (χ2v) is 8.46. The summed E-state index contributed by atoms with van der Waals surface area (Å²) < 4.78 is 8.83. The predicted molar refractivity (Wildman–Crippen MR) is 132 cm³/mol. The quantitative estimate of drug-likeness (QED) is 0.368. The Bertz CT molecular complexity index is 1590. The molecule has 0 atom stereocenters. The van der Waals surface area contributed by atoms with Crippen molar-refractivity contribution in [1.82, 2.24) is 19.3 Å². The summed E-state index contributed by atoms with van der Waals surface area (Å²) in [4.78, 5) is 30.8. The number of hydrogen-bond acceptors (Lipinski definition) is 4. The molecule has 7 nitrogen and oxygen atoms in total. The fourth-order valence-electron chi connectivity index (χ4n) is 3.79. The van der Waals surface area contributed by atoms with Crippen molar-refractivity contribution in [3.05, 3.63) is 121 Å². The molecule has 3 heterocycles. The first-order valence-corrected chi connectivity index (χ1v) is 11.2. The minimum atomic E-state index is -0.335. The molecule has 2 aromatic carbocycles. The van der Waals surface area contributed by atoms with Crippen LogP contribution in [0.4, 0.5) is 0 Å². The maximum atomic E-state index is 13.5. The lowest BCUT2D eigenvalue weighted by molar-refractivity contribution is 0.296. The number of nitrogens with zero attached hydrogens (tertiary/aromatic N) is 3. The van der Waals surface area contributed by atoms with Crippen LogP contribution in [0.2, 0.25) is 10.0 Å². The molecule has 0 radical (unpaired) electrons. The van der Waals surface area contributed by atoms with Crippen LogP contribution in [-0.4, -0.2) is 19.3 Å². The van der Waals surface area contributed by atoms with Gasteiger partial charge >= 0.3 is 0 Å². The van der Waals surface area contributed by atoms with Crippen molar-refractivity contribution in [1.29, 1.82) is 0 Å². The average molecular weight is 493 g/mol. The lowest BCUT2D eigenvalue weighted by Crippen LogP contribution is -2.26. The van der Waals surface area contributed by atoms with Gasteiger partial charge in [0.1, 0.15) is 12.4 Å². The second kappa shape index (κ2) is 9.21. The van der Waals surface area contributed by atoms with Gasteiger partial charge in [-0.15, -0.1) is 0 Å². The maximum absolute atomic E-state index is 13.5. The number of para-hydroxylation sites is 1. The standard InChI is InChI=1S/C25H18Cl2N4O3/c26-17-7-9-18(10-8-17)34-15-22-24-20(12-23(32)30(22)14-16-4-3-11-28-13-16)29-31(25(24)33)21-6-2-1-5-19(21)27/h1-13,29H,14-15H2. The summed E-state index contributed by atoms with van der Waals surface area (Å²) in [6.07, 6.45) is 3.34. The molecule has 0 unspecified atom stereocenters. The molecule has 1 N–H and O–H groups in total. The van der Waals surface area contributed by atoms with Gasteiger partial charge in [0.05, 0.1) is 33.9 Å². The van der Waals surface area contributed by atoms with Gasteiger partial charge in [-0.3, -0.25) is 19.7 Å². The van der Waals surface area contributed by atoms with Crippen molar-refractivity contribution in [2.75, 3.05) is 0 Å². The number of nitrogens with one attached hydrogen (secondary N) is 1. The molecule has 0 spiro atoms. The summed E-state index contributed by atoms with van der Waals surface area (Å²) in [7, 11) is 0. The highest BCUT2D eigenvalue weighted by atomic mass is 35.5. The summed E-state index contributed by atoms with van der Waals surface area (Å²) in [5, 5.41) is 4.35. The number of benzene rings is 2. The summed E-state index contributed by atoms with van der Waals surface area (Å²) >= 11 is 12.3. The Kier molecular flexibility index (Phi) is 5.96. The Morgan fingerprint density at radius 2 is 1.76 bits per heavy atom. The third-order valence-electron chi connectivity index (χ3n) is 5.41. The van der Waals surface area contributed by atoms with E-state index in [4.69, 9.17) is 27.9 Å². The van der Waals surface area contributed by atoms with E-state index < -0.39 is 0 Å². The normalized spacial score (nSPS) is 11.1. The molecule has 5 aromatic rings. The van der Waals surface area contributed by atoms with E-state index in [1.54, 1.807) is 67.0 Å². The number of aromatic nitrogens is 4. The highest BCUT2D eigenvalue weighted by molar-refractivity contribution is 6.32. The molecule has 0 aliphatic carbocycles. The number of fused-ring (bicyclic) bond motifs is 1. The number of rotatable bonds is 6. The number of hydrogen-bond donors (Lipinski definition) is 1. The molecule has 0 amide bonds. The van der Waals surface area contributed by atoms with E-state index in [9.17, 15) is 9.59 Å². The molecule has 0 saturated carbocycles. The highest BCUT2D eigenvalue weighted by Crippen LogP contribution is 2.22. The van der Waals surface area contributed by atoms with E-state index in [0.717, 1.165) is 5.56 Å². The highest BCUT2D eigenvalue weighted by Gasteiger charge is 2.19. The molecule has 5 rings (SSSR count). The molecule has 0 fully saturated rings. The van der Waals surface area contributed by atoms with E-state index >= 15 is 0 Å². The maximum Gasteiger partial charge on any atom is 0.281 e. The van der Waals surface area contributed by atoms with Gasteiger partial charge in [0.15, 0.2) is 0 Å². The number of pyridine rings is 2. The summed E-state index contributed by atoms with van der Waals surface area (Å²) in [5.74, 6) is 0.559. The van der Waals surface area contributed by atoms with Gasteiger partial charge in [-0.2, -0.15) is 0 Å². The largest absolute Gasteiger partial charge is 0.487 e. The Labute approximate surface area is 203 Å². The average Bonchev–Trinajstić information content (AvgIpc) is 3.16. The van der Waals surface area contributed by atoms with Crippen molar-refractivity contribution in [3.8, 4) is 11.4 Å². The fourth-order valence-corrected chi connectivity index (χ4v) is 4.14. The summed E-state index contributed by atoms with van der Waals surface area (Å²) in [5.41, 5.74) is 1.52. The van der Waals surface area contributed by atoms with Crippen molar-refractivity contribution < 1.29 is 4.74 Å². The van der Waals surface area contributed by atoms with Crippen LogP contribution < -0.4 is 15.9 Å². The van der Waals surface area contributed by atoms with Crippen LogP contribution >= 0.6 is 23.2 Å². The molecule has 0 saturated heterocycles. The molecule has 34 heavy (non-hydrogen) atoms. The third kappa shape index (κ3) is 4.23. The van der Waals surface area contributed by atoms with Crippen LogP contribution in [0.5, 0.6) is 5.75 Å². The van der Waals surface area contributed by atoms with Crippen LogP contribution in [-0.2, 0) is 13.2 Å². The monoisotopic (exact) mass is 492 g/mol. The lowest BCUT2D eigenvalue weighted by Gasteiger charge is -2.14. The Morgan fingerprint density at radius 3 is 2.50 bits per heavy atom. The first-order valence-electron chi connectivity index (χ1n) is 10.4. The number of halogens is 2. The third-order valence-corrected chi connectivity index (χ3v) is 5.98. The molecular formula is C25H18Cl2N4O3. The zero-order valence-electron chi connectivity index (χ0n) is 17.7. The zero-order chi connectivity index (χ0) is 23.7. The van der Waals surface area contributed by atoms with Gasteiger partial charge in [-0.05, 0) is 48.0 Å². The molecule has 0 aliphatic heterocycles. The van der Waals surface area contributed by atoms with Crippen molar-refractivity contribution in [2.24, 2.45) is 0 Å². The van der Waals surface area contributed by atoms with E-state index in [1.165, 1.54) is 15.3 Å². The van der Waals surface area contributed by atoms with Crippen LogP contribution in [0.3, 0.4) is 0 Å². The smallest absolute Gasteiger partial charge is 0.281 e. The van der Waals surface area contributed by atoms with Crippen LogP contribution in [0.1, 0.15) is 11.3 Å². The van der Waals surface area contributed by atoms with Crippen LogP contribution in [0.25, 0.3) is 16.6 Å². The van der Waals surface area contributed by atoms with Crippen LogP contribution in [0.15, 0.2) is 88.7 Å². The van der Waals surface area contributed by atoms with Crippen molar-refractivity contribution in [2.45, 2.75) is 13.2 Å². The molecule has 3 aromatic heterocycles. The van der Waals surface area contributed by atoms with Crippen molar-refractivity contribution >= 4 is 34.1 Å². The first kappa shape index (κ1) is 22.0. The van der Waals surface area contributed by atoms with Gasteiger partial charge in [0, 0.05) is 23.5 Å². The number of ether oxygens (including phenoxy) is 1. The molecule has 9 heteroatoms. The van der Waals surface area contributed by atoms with E-state index in [1.807, 2.05) is 6.07 Å². The Hall–Kier alpha value is -3.81. The fraction of sp³-hybridized carbons (Fsp3) is 0.0800. The van der Waals surface area contributed by atoms with E-state index in [-0.39, 0.29) is 24.3 Å². The molecule has 0 bridgehead atoms. The Morgan fingerprint density at radius 1 is 0.971 bits per heavy atom. The van der Waals surface area contributed by atoms with Gasteiger partial charge in [-0.1, -0.05) is 41.4 Å². The van der Waals surface area contributed by atoms with Gasteiger partial charge in [-0.25, -0.2) is 4.68 Å². The van der Waals surface area contributed by atoms with Gasteiger partial charge in [0.2, 0.25) is 0 Å². The minimum Gasteiger partial charge on any atom is -0.487 e. The lowest BCUT2D eigenvalue weighted by atomic mass is 10.2. The number of aromatic amines is 1. The predicted octanol–water partition coefficient (Wildman–Crippen LogP) is 4.81. The van der Waals surface area contributed by atoms with Crippen molar-refractivity contribution in [3.63, 3.8) is 0 Å². The van der Waals surface area contributed by atoms with Gasteiger partial charge < -0.3 is 9.30 Å². The summed E-state index contributed by atoms with van der Waals surface area (Å²) in [6, 6.07) is 18.9. The van der Waals surface area contributed by atoms with E-state index in [2.05, 4.69) is 10.1 Å². The first-order chi connectivity index (χ1) is 16.5. The summed E-state index contributed by atoms with van der Waals surface area (Å²) in [6.45, 7) is 0.225. The van der Waals surface area contributed by atoms with Crippen LogP contribution in [0, 0.1) is 0 Å². The molecule has 170 valence electrons. The SMILES string of the molecule is O=c1c2c(COc3ccc(Cl)cc3)n(Cc3cccnc3)c(=O)cc2[nH]n1-c1ccccc1Cl. The zero-order valence-corrected chi connectivity index (χ0v) is 19.3. The second-order valence-electron chi connectivity index (χ2n) is 7.61.